The number of aliphatic hydroxyl groups is 1. The molecule has 0 bridgehead atoms. The minimum absolute atomic E-state index is 0.257. The molecule has 4 nitrogen and oxygen atoms in total. The van der Waals surface area contributed by atoms with E-state index in [1.807, 2.05) is 17.5 Å². The number of thiophene rings is 1. The molecule has 96 valence electrons. The zero-order valence-electron chi connectivity index (χ0n) is 9.43. The van der Waals surface area contributed by atoms with Crippen molar-refractivity contribution >= 4 is 33.2 Å². The first kappa shape index (κ1) is 13.3. The maximum Gasteiger partial charge on any atom is 0.287 e. The van der Waals surface area contributed by atoms with E-state index in [0.29, 0.717) is 17.6 Å². The van der Waals surface area contributed by atoms with Gasteiger partial charge in [0.1, 0.15) is 0 Å². The molecule has 2 aromatic rings. The number of furan rings is 1. The van der Waals surface area contributed by atoms with Gasteiger partial charge in [0, 0.05) is 11.4 Å². The van der Waals surface area contributed by atoms with E-state index >= 15 is 0 Å². The van der Waals surface area contributed by atoms with Gasteiger partial charge in [0.05, 0.1) is 6.10 Å². The lowest BCUT2D eigenvalue weighted by atomic mass is 10.2. The minimum atomic E-state index is -0.534. The first-order valence-electron chi connectivity index (χ1n) is 5.42. The SMILES string of the molecule is O=C(NCC[C@@H](O)c1cccs1)c1ccc(Br)o1. The molecule has 0 fully saturated rings. The van der Waals surface area contributed by atoms with E-state index in [-0.39, 0.29) is 11.7 Å². The van der Waals surface area contributed by atoms with Gasteiger partial charge in [-0.15, -0.1) is 11.3 Å². The summed E-state index contributed by atoms with van der Waals surface area (Å²) in [7, 11) is 0. The molecule has 1 atom stereocenters. The predicted molar refractivity (Wildman–Crippen MR) is 72.6 cm³/mol. The van der Waals surface area contributed by atoms with Crippen LogP contribution in [0.15, 0.2) is 38.7 Å². The Kier molecular flexibility index (Phi) is 4.57. The molecule has 0 saturated carbocycles. The summed E-state index contributed by atoms with van der Waals surface area (Å²) >= 11 is 4.63. The van der Waals surface area contributed by atoms with Crippen molar-refractivity contribution in [2.45, 2.75) is 12.5 Å². The fourth-order valence-electron chi connectivity index (χ4n) is 1.47. The number of hydrogen-bond acceptors (Lipinski definition) is 4. The number of rotatable bonds is 5. The van der Waals surface area contributed by atoms with Crippen molar-refractivity contribution in [3.05, 3.63) is 45.0 Å². The van der Waals surface area contributed by atoms with Crippen LogP contribution in [0.3, 0.4) is 0 Å². The van der Waals surface area contributed by atoms with Gasteiger partial charge < -0.3 is 14.8 Å². The first-order chi connectivity index (χ1) is 8.66. The highest BCUT2D eigenvalue weighted by Crippen LogP contribution is 2.21. The van der Waals surface area contributed by atoms with Gasteiger partial charge in [0.2, 0.25) is 0 Å². The van der Waals surface area contributed by atoms with Gasteiger partial charge in [-0.05, 0) is 45.9 Å². The number of carbonyl (C=O) groups is 1. The van der Waals surface area contributed by atoms with Crippen LogP contribution >= 0.6 is 27.3 Å². The lowest BCUT2D eigenvalue weighted by Gasteiger charge is -2.08. The van der Waals surface area contributed by atoms with E-state index < -0.39 is 6.10 Å². The average molecular weight is 330 g/mol. The summed E-state index contributed by atoms with van der Waals surface area (Å²) in [5, 5.41) is 14.4. The molecule has 0 radical (unpaired) electrons. The molecule has 1 amide bonds. The van der Waals surface area contributed by atoms with Gasteiger partial charge in [0.15, 0.2) is 10.4 Å². The molecule has 0 spiro atoms. The second-order valence-corrected chi connectivity index (χ2v) is 5.44. The van der Waals surface area contributed by atoms with Crippen LogP contribution in [-0.4, -0.2) is 17.6 Å². The van der Waals surface area contributed by atoms with Crippen molar-refractivity contribution in [1.82, 2.24) is 5.32 Å². The minimum Gasteiger partial charge on any atom is -0.444 e. The Morgan fingerprint density at radius 3 is 2.94 bits per heavy atom. The van der Waals surface area contributed by atoms with Crippen molar-refractivity contribution in [2.75, 3.05) is 6.54 Å². The first-order valence-corrected chi connectivity index (χ1v) is 7.09. The molecule has 0 unspecified atom stereocenters. The van der Waals surface area contributed by atoms with E-state index in [2.05, 4.69) is 21.2 Å². The van der Waals surface area contributed by atoms with Crippen molar-refractivity contribution < 1.29 is 14.3 Å². The number of halogens is 1. The topological polar surface area (TPSA) is 62.5 Å². The Bertz CT molecular complexity index is 509. The molecule has 18 heavy (non-hydrogen) atoms. The third-order valence-corrected chi connectivity index (χ3v) is 3.77. The normalized spacial score (nSPS) is 12.3. The van der Waals surface area contributed by atoms with Crippen LogP contribution in [0, 0.1) is 0 Å². The highest BCUT2D eigenvalue weighted by Gasteiger charge is 2.12. The van der Waals surface area contributed by atoms with Crippen LogP contribution in [0.4, 0.5) is 0 Å². The Morgan fingerprint density at radius 2 is 2.33 bits per heavy atom. The van der Waals surface area contributed by atoms with E-state index in [1.54, 1.807) is 12.1 Å². The van der Waals surface area contributed by atoms with Crippen LogP contribution < -0.4 is 5.32 Å². The fourth-order valence-corrected chi connectivity index (χ4v) is 2.52. The molecule has 2 aromatic heterocycles. The molecule has 0 aliphatic rings. The van der Waals surface area contributed by atoms with Crippen molar-refractivity contribution in [3.63, 3.8) is 0 Å². The number of hydrogen-bond donors (Lipinski definition) is 2. The molecule has 0 aliphatic heterocycles. The van der Waals surface area contributed by atoms with Crippen LogP contribution in [0.2, 0.25) is 0 Å². The second-order valence-electron chi connectivity index (χ2n) is 3.68. The van der Waals surface area contributed by atoms with Gasteiger partial charge in [0.25, 0.3) is 5.91 Å². The standard InChI is InChI=1S/C12H12BrNO3S/c13-11-4-3-9(17-11)12(16)14-6-5-8(15)10-2-1-7-18-10/h1-4,7-8,15H,5-6H2,(H,14,16)/t8-/m1/s1. The summed E-state index contributed by atoms with van der Waals surface area (Å²) in [6, 6.07) is 7.02. The maximum absolute atomic E-state index is 11.6. The van der Waals surface area contributed by atoms with Gasteiger partial charge in [-0.2, -0.15) is 0 Å². The Labute approximate surface area is 117 Å². The molecule has 0 saturated heterocycles. The third-order valence-electron chi connectivity index (χ3n) is 2.37. The quantitative estimate of drug-likeness (QED) is 0.886. The summed E-state index contributed by atoms with van der Waals surface area (Å²) in [5.41, 5.74) is 0. The van der Waals surface area contributed by atoms with Crippen LogP contribution in [0.25, 0.3) is 0 Å². The highest BCUT2D eigenvalue weighted by molar-refractivity contribution is 9.10. The molecule has 2 N–H and O–H groups in total. The molecule has 0 aromatic carbocycles. The van der Waals surface area contributed by atoms with Crippen LogP contribution in [0.1, 0.15) is 28.0 Å². The molecule has 0 aliphatic carbocycles. The third kappa shape index (κ3) is 3.44. The number of carbonyl (C=O) groups excluding carboxylic acids is 1. The smallest absolute Gasteiger partial charge is 0.287 e. The summed E-state index contributed by atoms with van der Waals surface area (Å²) in [6.45, 7) is 0.399. The van der Waals surface area contributed by atoms with Crippen LogP contribution in [-0.2, 0) is 0 Å². The summed E-state index contributed by atoms with van der Waals surface area (Å²) < 4.78 is 5.64. The molecular weight excluding hydrogens is 318 g/mol. The van der Waals surface area contributed by atoms with Crippen molar-refractivity contribution in [1.29, 1.82) is 0 Å². The van der Waals surface area contributed by atoms with Crippen molar-refractivity contribution in [2.24, 2.45) is 0 Å². The fraction of sp³-hybridized carbons (Fsp3) is 0.250. The molecular formula is C12H12BrNO3S. The predicted octanol–water partition coefficient (Wildman–Crippen LogP) is 2.96. The summed E-state index contributed by atoms with van der Waals surface area (Å²) in [5.74, 6) is -0.0217. The molecule has 2 heterocycles. The Morgan fingerprint density at radius 1 is 1.50 bits per heavy atom. The van der Waals surface area contributed by atoms with Crippen LogP contribution in [0.5, 0.6) is 0 Å². The Hall–Kier alpha value is -1.11. The molecule has 6 heteroatoms. The summed E-state index contributed by atoms with van der Waals surface area (Å²) in [6.07, 6.45) is -0.0534. The second kappa shape index (κ2) is 6.17. The number of nitrogens with one attached hydrogen (secondary N) is 1. The largest absolute Gasteiger partial charge is 0.444 e. The monoisotopic (exact) mass is 329 g/mol. The number of amides is 1. The molecule has 2 rings (SSSR count). The number of aliphatic hydroxyl groups excluding tert-OH is 1. The maximum atomic E-state index is 11.6. The Balaban J connectivity index is 1.77. The van der Waals surface area contributed by atoms with E-state index in [4.69, 9.17) is 4.42 Å². The van der Waals surface area contributed by atoms with Gasteiger partial charge >= 0.3 is 0 Å². The highest BCUT2D eigenvalue weighted by atomic mass is 79.9. The zero-order valence-corrected chi connectivity index (χ0v) is 11.8. The lowest BCUT2D eigenvalue weighted by Crippen LogP contribution is -2.25. The van der Waals surface area contributed by atoms with Gasteiger partial charge in [-0.3, -0.25) is 4.79 Å². The van der Waals surface area contributed by atoms with E-state index in [1.165, 1.54) is 11.3 Å². The van der Waals surface area contributed by atoms with E-state index in [9.17, 15) is 9.90 Å². The summed E-state index contributed by atoms with van der Waals surface area (Å²) in [4.78, 5) is 12.5. The zero-order chi connectivity index (χ0) is 13.0. The lowest BCUT2D eigenvalue weighted by molar-refractivity contribution is 0.0914. The van der Waals surface area contributed by atoms with Gasteiger partial charge in [-0.1, -0.05) is 6.07 Å². The van der Waals surface area contributed by atoms with E-state index in [0.717, 1.165) is 4.88 Å². The van der Waals surface area contributed by atoms with Crippen molar-refractivity contribution in [3.8, 4) is 0 Å². The average Bonchev–Trinajstić information content (AvgIpc) is 2.99. The van der Waals surface area contributed by atoms with Gasteiger partial charge in [-0.25, -0.2) is 0 Å².